The van der Waals surface area contributed by atoms with E-state index in [4.69, 9.17) is 23.8 Å². The molecular weight excluding hydrogens is 953 g/mol. The highest BCUT2D eigenvalue weighted by molar-refractivity contribution is 6.16. The fourth-order valence-corrected chi connectivity index (χ4v) is 12.4. The third-order valence-corrected chi connectivity index (χ3v) is 16.3. The van der Waals surface area contributed by atoms with Crippen molar-refractivity contribution in [1.29, 1.82) is 0 Å². The highest BCUT2D eigenvalue weighted by Gasteiger charge is 2.35. The molecule has 0 N–H and O–H groups in total. The standard InChI is InChI=1S/C72H46N4O2/c1-72(2)61-26-9-6-19-53(61)54-36-31-46(41-62(54)72)45-17-12-18-47(39-45)51-22-13-24-58-60-40-48(52-23-14-25-59-56-21-8-11-28-65(56)78-68(52)59)33-38-63(60)76(67(51)58)50-34-29-44(30-35-50)70-73-69(43-15-4-3-5-16-43)74-71(75-70)49-32-37-57-55-20-7-10-27-64(55)77-66(57)42-49/h3-42H,1-2H3. The van der Waals surface area contributed by atoms with Gasteiger partial charge in [0, 0.05) is 71.2 Å². The lowest BCUT2D eigenvalue weighted by Gasteiger charge is -2.22. The Labute approximate surface area is 449 Å². The highest BCUT2D eigenvalue weighted by Crippen LogP contribution is 2.50. The van der Waals surface area contributed by atoms with Crippen LogP contribution < -0.4 is 0 Å². The van der Waals surface area contributed by atoms with Crippen LogP contribution in [0.1, 0.15) is 25.0 Å². The van der Waals surface area contributed by atoms with Gasteiger partial charge in [0.05, 0.1) is 11.0 Å². The summed E-state index contributed by atoms with van der Waals surface area (Å²) in [6.45, 7) is 4.69. The zero-order valence-electron chi connectivity index (χ0n) is 42.7. The van der Waals surface area contributed by atoms with Crippen molar-refractivity contribution in [2.45, 2.75) is 19.3 Å². The van der Waals surface area contributed by atoms with Gasteiger partial charge in [-0.2, -0.15) is 0 Å². The van der Waals surface area contributed by atoms with Crippen LogP contribution in [0.25, 0.3) is 150 Å². The molecule has 0 radical (unpaired) electrons. The minimum atomic E-state index is -0.0997. The molecule has 0 unspecified atom stereocenters. The first-order valence-electron chi connectivity index (χ1n) is 26.6. The molecule has 366 valence electrons. The van der Waals surface area contributed by atoms with E-state index in [1.54, 1.807) is 0 Å². The smallest absolute Gasteiger partial charge is 0.164 e. The quantitative estimate of drug-likeness (QED) is 0.159. The van der Waals surface area contributed by atoms with E-state index in [1.807, 2.05) is 66.7 Å². The van der Waals surface area contributed by atoms with E-state index in [0.29, 0.717) is 17.5 Å². The Bertz CT molecular complexity index is 4940. The Morgan fingerprint density at radius 1 is 0.321 bits per heavy atom. The van der Waals surface area contributed by atoms with Gasteiger partial charge in [-0.15, -0.1) is 0 Å². The van der Waals surface area contributed by atoms with Gasteiger partial charge in [-0.05, 0) is 117 Å². The summed E-state index contributed by atoms with van der Waals surface area (Å²) in [5, 5.41) is 6.66. The van der Waals surface area contributed by atoms with Crippen molar-refractivity contribution in [2.75, 3.05) is 0 Å². The largest absolute Gasteiger partial charge is 0.456 e. The number of para-hydroxylation sites is 4. The third kappa shape index (κ3) is 6.79. The summed E-state index contributed by atoms with van der Waals surface area (Å²) in [4.78, 5) is 15.4. The van der Waals surface area contributed by atoms with Crippen molar-refractivity contribution in [3.05, 3.63) is 254 Å². The van der Waals surface area contributed by atoms with Crippen molar-refractivity contribution >= 4 is 65.7 Å². The van der Waals surface area contributed by atoms with Gasteiger partial charge in [0.25, 0.3) is 0 Å². The van der Waals surface area contributed by atoms with Crippen molar-refractivity contribution in [3.63, 3.8) is 0 Å². The SMILES string of the molecule is CC1(C)c2ccccc2-c2ccc(-c3cccc(-c4cccc5c6cc(-c7cccc8c7oc7ccccc78)ccc6n(-c6ccc(-c7nc(-c8ccccc8)nc(-c8ccc9c(c8)oc8ccccc89)n7)cc6)c45)c3)cc21. The first-order valence-corrected chi connectivity index (χ1v) is 26.6. The third-order valence-electron chi connectivity index (χ3n) is 16.3. The second kappa shape index (κ2) is 16.9. The Morgan fingerprint density at radius 2 is 0.859 bits per heavy atom. The number of nitrogens with zero attached hydrogens (tertiary/aromatic N) is 4. The summed E-state index contributed by atoms with van der Waals surface area (Å²) in [6, 6.07) is 86.4. The van der Waals surface area contributed by atoms with Crippen LogP contribution >= 0.6 is 0 Å². The first kappa shape index (κ1) is 44.2. The molecule has 0 spiro atoms. The monoisotopic (exact) mass is 998 g/mol. The summed E-state index contributed by atoms with van der Waals surface area (Å²) in [5.41, 5.74) is 21.4. The first-order chi connectivity index (χ1) is 38.4. The van der Waals surface area contributed by atoms with Crippen LogP contribution in [0.4, 0.5) is 0 Å². The van der Waals surface area contributed by atoms with Crippen LogP contribution in [-0.4, -0.2) is 19.5 Å². The van der Waals surface area contributed by atoms with Gasteiger partial charge in [-0.1, -0.05) is 184 Å². The molecule has 4 aromatic heterocycles. The average molecular weight is 999 g/mol. The number of hydrogen-bond donors (Lipinski definition) is 0. The summed E-state index contributed by atoms with van der Waals surface area (Å²) in [5.74, 6) is 1.75. The van der Waals surface area contributed by atoms with E-state index in [-0.39, 0.29) is 5.41 Å². The molecule has 0 atom stereocenters. The Morgan fingerprint density at radius 3 is 1.68 bits per heavy atom. The summed E-state index contributed by atoms with van der Waals surface area (Å²) < 4.78 is 15.4. The van der Waals surface area contributed by atoms with Gasteiger partial charge < -0.3 is 13.4 Å². The molecule has 6 nitrogen and oxygen atoms in total. The average Bonchev–Trinajstić information content (AvgIpc) is 4.44. The lowest BCUT2D eigenvalue weighted by atomic mass is 9.81. The van der Waals surface area contributed by atoms with Crippen molar-refractivity contribution < 1.29 is 8.83 Å². The highest BCUT2D eigenvalue weighted by atomic mass is 16.3. The van der Waals surface area contributed by atoms with E-state index in [1.165, 1.54) is 33.4 Å². The molecule has 16 rings (SSSR count). The lowest BCUT2D eigenvalue weighted by molar-refractivity contribution is 0.660. The predicted molar refractivity (Wildman–Crippen MR) is 319 cm³/mol. The molecule has 0 aliphatic heterocycles. The van der Waals surface area contributed by atoms with Crippen LogP contribution in [0.2, 0.25) is 0 Å². The second-order valence-electron chi connectivity index (χ2n) is 21.1. The number of furan rings is 2. The van der Waals surface area contributed by atoms with E-state index in [9.17, 15) is 0 Å². The summed E-state index contributed by atoms with van der Waals surface area (Å²) in [6.07, 6.45) is 0. The molecule has 15 aromatic rings. The fraction of sp³-hybridized carbons (Fsp3) is 0.0417. The van der Waals surface area contributed by atoms with Gasteiger partial charge in [0.2, 0.25) is 0 Å². The maximum atomic E-state index is 6.61. The minimum Gasteiger partial charge on any atom is -0.456 e. The van der Waals surface area contributed by atoms with Gasteiger partial charge in [-0.3, -0.25) is 0 Å². The number of hydrogen-bond acceptors (Lipinski definition) is 5. The van der Waals surface area contributed by atoms with Crippen LogP contribution in [0, 0.1) is 0 Å². The van der Waals surface area contributed by atoms with Gasteiger partial charge >= 0.3 is 0 Å². The topological polar surface area (TPSA) is 69.9 Å². The molecule has 1 aliphatic rings. The van der Waals surface area contributed by atoms with Crippen LogP contribution in [0.5, 0.6) is 0 Å². The Hall–Kier alpha value is -10.2. The van der Waals surface area contributed by atoms with Crippen LogP contribution in [-0.2, 0) is 5.41 Å². The Kier molecular flexibility index (Phi) is 9.58. The maximum absolute atomic E-state index is 6.61. The molecule has 0 saturated heterocycles. The fourth-order valence-electron chi connectivity index (χ4n) is 12.4. The van der Waals surface area contributed by atoms with Crippen molar-refractivity contribution in [1.82, 2.24) is 19.5 Å². The van der Waals surface area contributed by atoms with E-state index in [0.717, 1.165) is 110 Å². The number of fused-ring (bicyclic) bond motifs is 12. The molecule has 1 aliphatic carbocycles. The van der Waals surface area contributed by atoms with Crippen LogP contribution in [0.3, 0.4) is 0 Å². The molecule has 4 heterocycles. The molecule has 11 aromatic carbocycles. The van der Waals surface area contributed by atoms with Gasteiger partial charge in [0.1, 0.15) is 22.3 Å². The molecule has 0 amide bonds. The molecule has 0 saturated carbocycles. The number of benzene rings is 11. The maximum Gasteiger partial charge on any atom is 0.164 e. The zero-order chi connectivity index (χ0) is 51.6. The van der Waals surface area contributed by atoms with E-state index >= 15 is 0 Å². The molecule has 0 fully saturated rings. The van der Waals surface area contributed by atoms with E-state index in [2.05, 4.69) is 194 Å². The van der Waals surface area contributed by atoms with Crippen molar-refractivity contribution in [2.24, 2.45) is 0 Å². The zero-order valence-corrected chi connectivity index (χ0v) is 42.7. The molecular formula is C72H46N4O2. The lowest BCUT2D eigenvalue weighted by Crippen LogP contribution is -2.14. The number of aromatic nitrogens is 4. The number of rotatable bonds is 7. The molecule has 0 bridgehead atoms. The van der Waals surface area contributed by atoms with Gasteiger partial charge in [0.15, 0.2) is 17.5 Å². The van der Waals surface area contributed by atoms with E-state index < -0.39 is 0 Å². The molecule has 78 heavy (non-hydrogen) atoms. The minimum absolute atomic E-state index is 0.0997. The second-order valence-corrected chi connectivity index (χ2v) is 21.1. The summed E-state index contributed by atoms with van der Waals surface area (Å²) >= 11 is 0. The normalized spacial score (nSPS) is 12.8. The van der Waals surface area contributed by atoms with Crippen LogP contribution in [0.15, 0.2) is 251 Å². The summed E-state index contributed by atoms with van der Waals surface area (Å²) in [7, 11) is 0. The molecule has 6 heteroatoms. The Balaban J connectivity index is 0.857. The van der Waals surface area contributed by atoms with Crippen molar-refractivity contribution in [3.8, 4) is 84.4 Å². The van der Waals surface area contributed by atoms with Gasteiger partial charge in [-0.25, -0.2) is 15.0 Å². The predicted octanol–water partition coefficient (Wildman–Crippen LogP) is 19.1.